The minimum Gasteiger partial charge on any atom is -0.299 e. The Hall–Kier alpha value is -1.78. The lowest BCUT2D eigenvalue weighted by molar-refractivity contribution is 0.331. The topological polar surface area (TPSA) is 28.0 Å². The molecule has 0 aromatic heterocycles. The predicted molar refractivity (Wildman–Crippen MR) is 108 cm³/mol. The summed E-state index contributed by atoms with van der Waals surface area (Å²) in [5.74, 6) is 0.144. The Morgan fingerprint density at radius 2 is 1.92 bits per heavy atom. The number of halogens is 1. The number of likely N-dealkylation sites (tertiary alicyclic amines) is 1. The van der Waals surface area contributed by atoms with Crippen molar-refractivity contribution in [3.8, 4) is 0 Å². The molecule has 0 saturated carbocycles. The molecule has 1 saturated heterocycles. The second-order valence-corrected chi connectivity index (χ2v) is 7.70. The Bertz CT molecular complexity index is 789. The minimum atomic E-state index is 0.144. The van der Waals surface area contributed by atoms with Crippen LogP contribution in [0.4, 0.5) is 5.69 Å². The van der Waals surface area contributed by atoms with Gasteiger partial charge in [-0.05, 0) is 66.9 Å². The van der Waals surface area contributed by atoms with Gasteiger partial charge in [0.05, 0.1) is 18.2 Å². The first-order chi connectivity index (χ1) is 12.3. The van der Waals surface area contributed by atoms with Gasteiger partial charge in [0.25, 0.3) is 0 Å². The minimum absolute atomic E-state index is 0.144. The van der Waals surface area contributed by atoms with E-state index in [2.05, 4.69) is 73.3 Å². The molecule has 1 unspecified atom stereocenters. The summed E-state index contributed by atoms with van der Waals surface area (Å²) in [5.41, 5.74) is 4.94. The van der Waals surface area contributed by atoms with Crippen LogP contribution in [0, 0.1) is 0 Å². The highest BCUT2D eigenvalue weighted by Gasteiger charge is 2.15. The van der Waals surface area contributed by atoms with Gasteiger partial charge in [-0.25, -0.2) is 0 Å². The van der Waals surface area contributed by atoms with E-state index in [0.717, 1.165) is 23.2 Å². The van der Waals surface area contributed by atoms with Gasteiger partial charge in [-0.15, -0.1) is 0 Å². The van der Waals surface area contributed by atoms with Crippen LogP contribution < -0.4 is 0 Å². The maximum Gasteiger partial charge on any atom is 0.0639 e. The zero-order chi connectivity index (χ0) is 17.1. The van der Waals surface area contributed by atoms with Crippen molar-refractivity contribution in [3.63, 3.8) is 0 Å². The van der Waals surface area contributed by atoms with Crippen molar-refractivity contribution >= 4 is 34.0 Å². The van der Waals surface area contributed by atoms with E-state index in [1.54, 1.807) is 0 Å². The summed E-state index contributed by atoms with van der Waals surface area (Å²) < 4.78 is 1.10. The fraction of sp³-hybridized carbons (Fsp3) is 0.333. The molecular formula is C21H22BrN3. The summed E-state index contributed by atoms with van der Waals surface area (Å²) in [6.45, 7) is 4.28. The highest BCUT2D eigenvalue weighted by molar-refractivity contribution is 9.10. The van der Waals surface area contributed by atoms with Gasteiger partial charge in [0, 0.05) is 23.4 Å². The Kier molecular flexibility index (Phi) is 5.09. The van der Waals surface area contributed by atoms with Crippen molar-refractivity contribution in [1.29, 1.82) is 0 Å². The molecule has 0 bridgehead atoms. The van der Waals surface area contributed by atoms with Crippen LogP contribution in [0.25, 0.3) is 0 Å². The molecule has 0 spiro atoms. The molecule has 4 heteroatoms. The van der Waals surface area contributed by atoms with Crippen molar-refractivity contribution in [1.82, 2.24) is 4.90 Å². The zero-order valence-electron chi connectivity index (χ0n) is 14.2. The summed E-state index contributed by atoms with van der Waals surface area (Å²) in [6.07, 6.45) is 6.68. The standard InChI is InChI=1S/C21H22BrN3/c22-19-6-5-17-12-23-13-18(21(17)11-19)14-24-20-7-3-16(4-8-20)15-25-9-1-2-10-25/h3-8,11,13-14,18H,1-2,9-10,12,15H2. The molecule has 3 nitrogen and oxygen atoms in total. The number of aliphatic imine (C=N–C) groups is 2. The predicted octanol–water partition coefficient (Wildman–Crippen LogP) is 5.12. The van der Waals surface area contributed by atoms with Gasteiger partial charge in [-0.2, -0.15) is 0 Å². The van der Waals surface area contributed by atoms with E-state index in [-0.39, 0.29) is 5.92 Å². The number of fused-ring (bicyclic) bond motifs is 1. The molecule has 0 radical (unpaired) electrons. The third-order valence-electron chi connectivity index (χ3n) is 4.92. The van der Waals surface area contributed by atoms with Crippen LogP contribution in [0.5, 0.6) is 0 Å². The van der Waals surface area contributed by atoms with Gasteiger partial charge in [0.1, 0.15) is 0 Å². The van der Waals surface area contributed by atoms with Crippen LogP contribution in [0.2, 0.25) is 0 Å². The van der Waals surface area contributed by atoms with Gasteiger partial charge >= 0.3 is 0 Å². The van der Waals surface area contributed by atoms with Crippen LogP contribution in [0.3, 0.4) is 0 Å². The van der Waals surface area contributed by atoms with Crippen LogP contribution in [-0.2, 0) is 13.1 Å². The van der Waals surface area contributed by atoms with Crippen molar-refractivity contribution in [2.24, 2.45) is 9.98 Å². The highest BCUT2D eigenvalue weighted by Crippen LogP contribution is 2.27. The van der Waals surface area contributed by atoms with Crippen LogP contribution in [0.1, 0.15) is 35.4 Å². The summed E-state index contributed by atoms with van der Waals surface area (Å²) >= 11 is 3.56. The molecule has 25 heavy (non-hydrogen) atoms. The summed E-state index contributed by atoms with van der Waals surface area (Å²) in [5, 5.41) is 0. The van der Waals surface area contributed by atoms with E-state index >= 15 is 0 Å². The lowest BCUT2D eigenvalue weighted by Gasteiger charge is -2.17. The molecule has 0 N–H and O–H groups in total. The average molecular weight is 396 g/mol. The smallest absolute Gasteiger partial charge is 0.0639 e. The number of nitrogens with zero attached hydrogens (tertiary/aromatic N) is 3. The maximum absolute atomic E-state index is 4.69. The maximum atomic E-state index is 4.69. The first kappa shape index (κ1) is 16.7. The van der Waals surface area contributed by atoms with Crippen LogP contribution in [-0.4, -0.2) is 30.4 Å². The number of benzene rings is 2. The van der Waals surface area contributed by atoms with Crippen molar-refractivity contribution in [2.45, 2.75) is 31.8 Å². The first-order valence-electron chi connectivity index (χ1n) is 8.92. The Labute approximate surface area is 157 Å². The Morgan fingerprint density at radius 1 is 1.12 bits per heavy atom. The van der Waals surface area contributed by atoms with Crippen LogP contribution in [0.15, 0.2) is 56.9 Å². The van der Waals surface area contributed by atoms with Gasteiger partial charge in [0.15, 0.2) is 0 Å². The molecule has 0 amide bonds. The lowest BCUT2D eigenvalue weighted by atomic mass is 9.94. The number of hydrogen-bond donors (Lipinski definition) is 0. The molecule has 2 aliphatic heterocycles. The molecular weight excluding hydrogens is 374 g/mol. The molecule has 2 aromatic rings. The molecule has 2 aliphatic rings. The fourth-order valence-corrected chi connectivity index (χ4v) is 3.92. The Morgan fingerprint density at radius 3 is 2.72 bits per heavy atom. The van der Waals surface area contributed by atoms with E-state index in [4.69, 9.17) is 0 Å². The van der Waals surface area contributed by atoms with Gasteiger partial charge in [-0.3, -0.25) is 14.9 Å². The van der Waals surface area contributed by atoms with Gasteiger partial charge in [0.2, 0.25) is 0 Å². The van der Waals surface area contributed by atoms with E-state index in [9.17, 15) is 0 Å². The molecule has 4 rings (SSSR count). The molecule has 2 heterocycles. The third kappa shape index (κ3) is 4.07. The fourth-order valence-electron chi connectivity index (χ4n) is 3.54. The zero-order valence-corrected chi connectivity index (χ0v) is 15.8. The largest absolute Gasteiger partial charge is 0.299 e. The first-order valence-corrected chi connectivity index (χ1v) is 9.71. The molecule has 2 aromatic carbocycles. The average Bonchev–Trinajstić information content (AvgIpc) is 3.14. The van der Waals surface area contributed by atoms with Crippen molar-refractivity contribution < 1.29 is 0 Å². The van der Waals surface area contributed by atoms with Gasteiger partial charge < -0.3 is 0 Å². The second-order valence-electron chi connectivity index (χ2n) is 6.79. The molecule has 1 atom stereocenters. The number of rotatable bonds is 4. The Balaban J connectivity index is 1.46. The van der Waals surface area contributed by atoms with E-state index < -0.39 is 0 Å². The van der Waals surface area contributed by atoms with E-state index in [1.165, 1.54) is 42.6 Å². The molecule has 1 fully saturated rings. The number of hydrogen-bond acceptors (Lipinski definition) is 3. The highest BCUT2D eigenvalue weighted by atomic mass is 79.9. The lowest BCUT2D eigenvalue weighted by Crippen LogP contribution is -2.18. The van der Waals surface area contributed by atoms with E-state index in [0.29, 0.717) is 0 Å². The molecule has 0 aliphatic carbocycles. The quantitative estimate of drug-likeness (QED) is 0.660. The monoisotopic (exact) mass is 395 g/mol. The van der Waals surface area contributed by atoms with Crippen molar-refractivity contribution in [2.75, 3.05) is 13.1 Å². The third-order valence-corrected chi connectivity index (χ3v) is 5.41. The van der Waals surface area contributed by atoms with Crippen LogP contribution >= 0.6 is 15.9 Å². The summed E-state index contributed by atoms with van der Waals surface area (Å²) in [7, 11) is 0. The summed E-state index contributed by atoms with van der Waals surface area (Å²) in [4.78, 5) is 11.7. The summed E-state index contributed by atoms with van der Waals surface area (Å²) in [6, 6.07) is 15.0. The van der Waals surface area contributed by atoms with E-state index in [1.807, 2.05) is 12.4 Å². The normalized spacial score (nSPS) is 20.3. The SMILES string of the molecule is Brc1ccc2c(c1)C(C=Nc1ccc(CN3CCCC3)cc1)C=NC2. The second kappa shape index (κ2) is 7.63. The van der Waals surface area contributed by atoms with Gasteiger partial charge in [-0.1, -0.05) is 34.1 Å². The molecule has 128 valence electrons. The van der Waals surface area contributed by atoms with Crippen molar-refractivity contribution in [3.05, 3.63) is 63.6 Å².